The Hall–Kier alpha value is -0.540. The van der Waals surface area contributed by atoms with Crippen molar-refractivity contribution in [1.29, 1.82) is 0 Å². The molecule has 2 N–H and O–H groups in total. The predicted octanol–water partition coefficient (Wildman–Crippen LogP) is 1.83. The van der Waals surface area contributed by atoms with Crippen LogP contribution in [-0.2, 0) is 0 Å². The van der Waals surface area contributed by atoms with Crippen LogP contribution >= 0.6 is 11.3 Å². The van der Waals surface area contributed by atoms with Gasteiger partial charge < -0.3 is 10.6 Å². The van der Waals surface area contributed by atoms with Crippen molar-refractivity contribution in [2.24, 2.45) is 5.73 Å². The molecule has 0 saturated carbocycles. The van der Waals surface area contributed by atoms with Crippen molar-refractivity contribution < 1.29 is 0 Å². The number of anilines is 1. The van der Waals surface area contributed by atoms with E-state index in [1.54, 1.807) is 11.3 Å². The lowest BCUT2D eigenvalue weighted by atomic mass is 10.3. The summed E-state index contributed by atoms with van der Waals surface area (Å²) in [6.07, 6.45) is 0. The lowest BCUT2D eigenvalue weighted by molar-refractivity contribution is 0.838. The minimum absolute atomic E-state index is 0.161. The fourth-order valence-corrected chi connectivity index (χ4v) is 1.71. The Labute approximate surface area is 71.6 Å². The van der Waals surface area contributed by atoms with Gasteiger partial charge in [-0.1, -0.05) is 0 Å². The van der Waals surface area contributed by atoms with Crippen LogP contribution in [0, 0.1) is 0 Å². The van der Waals surface area contributed by atoms with Gasteiger partial charge in [0.25, 0.3) is 0 Å². The Morgan fingerprint density at radius 2 is 2.09 bits per heavy atom. The highest BCUT2D eigenvalue weighted by Crippen LogP contribution is 2.27. The molecule has 0 aliphatic heterocycles. The molecular weight excluding hydrogens is 156 g/mol. The van der Waals surface area contributed by atoms with E-state index in [-0.39, 0.29) is 6.04 Å². The van der Waals surface area contributed by atoms with Gasteiger partial charge in [-0.2, -0.15) is 0 Å². The van der Waals surface area contributed by atoms with E-state index in [2.05, 4.69) is 17.0 Å². The minimum atomic E-state index is 0.161. The molecule has 3 heteroatoms. The van der Waals surface area contributed by atoms with Gasteiger partial charge in [-0.3, -0.25) is 0 Å². The van der Waals surface area contributed by atoms with Crippen molar-refractivity contribution in [3.63, 3.8) is 0 Å². The number of hydrogen-bond donors (Lipinski definition) is 1. The molecule has 1 aromatic rings. The molecule has 0 fully saturated rings. The third-order valence-corrected chi connectivity index (χ3v) is 2.96. The average Bonchev–Trinajstić information content (AvgIpc) is 2.33. The highest BCUT2D eigenvalue weighted by Gasteiger charge is 2.04. The number of nitrogens with two attached hydrogens (primary N) is 1. The first-order valence-corrected chi connectivity index (χ1v) is 4.45. The van der Waals surface area contributed by atoms with Gasteiger partial charge >= 0.3 is 0 Å². The molecule has 0 bridgehead atoms. The van der Waals surface area contributed by atoms with E-state index in [0.29, 0.717) is 0 Å². The highest BCUT2D eigenvalue weighted by atomic mass is 32.1. The Morgan fingerprint density at radius 3 is 2.36 bits per heavy atom. The van der Waals surface area contributed by atoms with E-state index in [4.69, 9.17) is 5.73 Å². The number of hydrogen-bond acceptors (Lipinski definition) is 3. The van der Waals surface area contributed by atoms with Crippen molar-refractivity contribution in [2.45, 2.75) is 13.0 Å². The zero-order valence-electron chi connectivity index (χ0n) is 7.16. The normalized spacial score (nSPS) is 13.1. The first kappa shape index (κ1) is 8.56. The van der Waals surface area contributed by atoms with Crippen LogP contribution in [0.15, 0.2) is 12.1 Å². The smallest absolute Gasteiger partial charge is 0.0906 e. The van der Waals surface area contributed by atoms with Gasteiger partial charge in [0.05, 0.1) is 5.00 Å². The second-order valence-electron chi connectivity index (χ2n) is 2.86. The Bertz CT molecular complexity index is 205. The van der Waals surface area contributed by atoms with E-state index in [1.807, 2.05) is 21.0 Å². The summed E-state index contributed by atoms with van der Waals surface area (Å²) in [5.74, 6) is 0. The lowest BCUT2D eigenvalue weighted by Gasteiger charge is -2.07. The molecule has 1 heterocycles. The zero-order valence-corrected chi connectivity index (χ0v) is 7.98. The van der Waals surface area contributed by atoms with Gasteiger partial charge in [0.15, 0.2) is 0 Å². The first-order valence-electron chi connectivity index (χ1n) is 3.64. The second kappa shape index (κ2) is 3.24. The predicted molar refractivity (Wildman–Crippen MR) is 51.2 cm³/mol. The topological polar surface area (TPSA) is 29.3 Å². The van der Waals surface area contributed by atoms with E-state index in [0.717, 1.165) is 0 Å². The monoisotopic (exact) mass is 170 g/mol. The van der Waals surface area contributed by atoms with Crippen molar-refractivity contribution in [3.05, 3.63) is 17.0 Å². The van der Waals surface area contributed by atoms with Gasteiger partial charge in [-0.05, 0) is 19.1 Å². The molecule has 0 aliphatic rings. The van der Waals surface area contributed by atoms with E-state index >= 15 is 0 Å². The van der Waals surface area contributed by atoms with Gasteiger partial charge in [0.2, 0.25) is 0 Å². The van der Waals surface area contributed by atoms with Gasteiger partial charge in [0.1, 0.15) is 0 Å². The van der Waals surface area contributed by atoms with Crippen molar-refractivity contribution in [2.75, 3.05) is 19.0 Å². The summed E-state index contributed by atoms with van der Waals surface area (Å²) in [5.41, 5.74) is 5.72. The third kappa shape index (κ3) is 1.94. The molecule has 0 aliphatic carbocycles. The molecule has 0 radical (unpaired) electrons. The summed E-state index contributed by atoms with van der Waals surface area (Å²) in [5, 5.41) is 1.26. The average molecular weight is 170 g/mol. The first-order chi connectivity index (χ1) is 5.11. The number of nitrogens with zero attached hydrogens (tertiary/aromatic N) is 1. The largest absolute Gasteiger partial charge is 0.370 e. The summed E-state index contributed by atoms with van der Waals surface area (Å²) in [4.78, 5) is 3.34. The van der Waals surface area contributed by atoms with Crippen LogP contribution in [0.1, 0.15) is 17.8 Å². The second-order valence-corrected chi connectivity index (χ2v) is 3.95. The Kier molecular flexibility index (Phi) is 2.52. The van der Waals surface area contributed by atoms with Crippen LogP contribution in [0.2, 0.25) is 0 Å². The van der Waals surface area contributed by atoms with Crippen molar-refractivity contribution in [1.82, 2.24) is 0 Å². The Morgan fingerprint density at radius 1 is 1.45 bits per heavy atom. The fraction of sp³-hybridized carbons (Fsp3) is 0.500. The molecule has 0 saturated heterocycles. The molecular formula is C8H14N2S. The third-order valence-electron chi connectivity index (χ3n) is 1.50. The van der Waals surface area contributed by atoms with Crippen molar-refractivity contribution in [3.8, 4) is 0 Å². The molecule has 1 rings (SSSR count). The maximum absolute atomic E-state index is 5.72. The number of thiophene rings is 1. The SMILES string of the molecule is C[C@H](N)c1ccc(N(C)C)s1. The molecule has 0 amide bonds. The maximum Gasteiger partial charge on any atom is 0.0906 e. The summed E-state index contributed by atoms with van der Waals surface area (Å²) in [6.45, 7) is 2.01. The molecule has 1 aromatic heterocycles. The summed E-state index contributed by atoms with van der Waals surface area (Å²) < 4.78 is 0. The minimum Gasteiger partial charge on any atom is -0.370 e. The zero-order chi connectivity index (χ0) is 8.43. The van der Waals surface area contributed by atoms with E-state index in [1.165, 1.54) is 9.88 Å². The molecule has 1 atom stereocenters. The summed E-state index contributed by atoms with van der Waals surface area (Å²) in [6, 6.07) is 4.35. The molecule has 11 heavy (non-hydrogen) atoms. The number of rotatable bonds is 2. The van der Waals surface area contributed by atoms with Crippen LogP contribution in [-0.4, -0.2) is 14.1 Å². The highest BCUT2D eigenvalue weighted by molar-refractivity contribution is 7.16. The van der Waals surface area contributed by atoms with Crippen LogP contribution in [0.25, 0.3) is 0 Å². The molecule has 0 aromatic carbocycles. The van der Waals surface area contributed by atoms with E-state index in [9.17, 15) is 0 Å². The molecule has 0 spiro atoms. The molecule has 0 unspecified atom stereocenters. The summed E-state index contributed by atoms with van der Waals surface area (Å²) >= 11 is 1.75. The maximum atomic E-state index is 5.72. The van der Waals surface area contributed by atoms with Gasteiger partial charge in [0, 0.05) is 25.0 Å². The standard InChI is InChI=1S/C8H14N2S/c1-6(9)7-4-5-8(11-7)10(2)3/h4-6H,9H2,1-3H3/t6-/m0/s1. The fourth-order valence-electron chi connectivity index (χ4n) is 0.827. The van der Waals surface area contributed by atoms with Crippen LogP contribution in [0.3, 0.4) is 0 Å². The van der Waals surface area contributed by atoms with Gasteiger partial charge in [-0.15, -0.1) is 11.3 Å². The van der Waals surface area contributed by atoms with Crippen LogP contribution in [0.4, 0.5) is 5.00 Å². The van der Waals surface area contributed by atoms with Crippen LogP contribution < -0.4 is 10.6 Å². The molecule has 2 nitrogen and oxygen atoms in total. The van der Waals surface area contributed by atoms with Gasteiger partial charge in [-0.25, -0.2) is 0 Å². The van der Waals surface area contributed by atoms with E-state index < -0.39 is 0 Å². The lowest BCUT2D eigenvalue weighted by Crippen LogP contribution is -2.06. The van der Waals surface area contributed by atoms with Crippen molar-refractivity contribution >= 4 is 16.3 Å². The summed E-state index contributed by atoms with van der Waals surface area (Å²) in [7, 11) is 4.08. The quantitative estimate of drug-likeness (QED) is 0.733. The Balaban J connectivity index is 2.82. The van der Waals surface area contributed by atoms with Crippen LogP contribution in [0.5, 0.6) is 0 Å². The molecule has 62 valence electrons.